The Labute approximate surface area is 138 Å². The number of phenols is 1. The fourth-order valence-corrected chi connectivity index (χ4v) is 2.62. The molecule has 0 aliphatic carbocycles. The van der Waals surface area contributed by atoms with E-state index in [1.54, 1.807) is 24.3 Å². The van der Waals surface area contributed by atoms with Gasteiger partial charge in [-0.25, -0.2) is 0 Å². The van der Waals surface area contributed by atoms with Crippen LogP contribution in [0.25, 0.3) is 0 Å². The van der Waals surface area contributed by atoms with Crippen molar-refractivity contribution in [1.82, 2.24) is 0 Å². The van der Waals surface area contributed by atoms with Crippen LogP contribution in [0, 0.1) is 0 Å². The van der Waals surface area contributed by atoms with Crippen LogP contribution in [0.2, 0.25) is 15.1 Å². The summed E-state index contributed by atoms with van der Waals surface area (Å²) in [5, 5.41) is 12.0. The second-order valence-electron chi connectivity index (χ2n) is 3.82. The molecular formula is C13H7BrCl3NO2. The van der Waals surface area contributed by atoms with Crippen molar-refractivity contribution in [3.05, 3.63) is 55.4 Å². The molecule has 0 radical (unpaired) electrons. The lowest BCUT2D eigenvalue weighted by Crippen LogP contribution is -2.13. The molecule has 3 nitrogen and oxygen atoms in total. The van der Waals surface area contributed by atoms with Crippen LogP contribution >= 0.6 is 50.7 Å². The number of carbonyl (C=O) groups excluding carboxylic acids is 1. The van der Waals surface area contributed by atoms with Gasteiger partial charge >= 0.3 is 0 Å². The standard InChI is InChI=1S/C13H7BrCl3NO2/c14-7-4-2-1-3-6(7)13(20)18-9-5-8(15)12(19)11(17)10(9)16/h1-5,19H,(H,18,20). The Balaban J connectivity index is 2.36. The van der Waals surface area contributed by atoms with Gasteiger partial charge in [0.25, 0.3) is 5.91 Å². The zero-order chi connectivity index (χ0) is 14.9. The van der Waals surface area contributed by atoms with Crippen LogP contribution < -0.4 is 5.32 Å². The summed E-state index contributed by atoms with van der Waals surface area (Å²) in [6, 6.07) is 8.25. The number of nitrogens with one attached hydrogen (secondary N) is 1. The number of phenolic OH excluding ortho intramolecular Hbond substituents is 1. The summed E-state index contributed by atoms with van der Waals surface area (Å²) >= 11 is 20.9. The first-order chi connectivity index (χ1) is 9.41. The Morgan fingerprint density at radius 3 is 2.45 bits per heavy atom. The minimum Gasteiger partial charge on any atom is -0.505 e. The molecule has 20 heavy (non-hydrogen) atoms. The predicted octanol–water partition coefficient (Wildman–Crippen LogP) is 5.37. The molecule has 2 N–H and O–H groups in total. The number of hydrogen-bond acceptors (Lipinski definition) is 2. The topological polar surface area (TPSA) is 49.3 Å². The van der Waals surface area contributed by atoms with E-state index in [1.807, 2.05) is 0 Å². The van der Waals surface area contributed by atoms with Crippen molar-refractivity contribution >= 4 is 62.3 Å². The number of rotatable bonds is 2. The number of carbonyl (C=O) groups is 1. The second kappa shape index (κ2) is 6.22. The zero-order valence-electron chi connectivity index (χ0n) is 9.75. The first-order valence-electron chi connectivity index (χ1n) is 5.34. The van der Waals surface area contributed by atoms with E-state index >= 15 is 0 Å². The van der Waals surface area contributed by atoms with Crippen LogP contribution in [0.4, 0.5) is 5.69 Å². The number of halogens is 4. The van der Waals surface area contributed by atoms with Crippen LogP contribution in [0.1, 0.15) is 10.4 Å². The van der Waals surface area contributed by atoms with Crippen molar-refractivity contribution in [2.75, 3.05) is 5.32 Å². The maximum atomic E-state index is 12.1. The van der Waals surface area contributed by atoms with E-state index in [0.29, 0.717) is 10.0 Å². The van der Waals surface area contributed by atoms with Gasteiger partial charge in [0.15, 0.2) is 5.75 Å². The van der Waals surface area contributed by atoms with Crippen molar-refractivity contribution < 1.29 is 9.90 Å². The summed E-state index contributed by atoms with van der Waals surface area (Å²) in [6.45, 7) is 0. The Kier molecular flexibility index (Phi) is 4.81. The molecule has 7 heteroatoms. The monoisotopic (exact) mass is 393 g/mol. The minimum absolute atomic E-state index is 0.00169. The smallest absolute Gasteiger partial charge is 0.256 e. The molecule has 0 saturated carbocycles. The lowest BCUT2D eigenvalue weighted by molar-refractivity contribution is 0.102. The highest BCUT2D eigenvalue weighted by Gasteiger charge is 2.17. The lowest BCUT2D eigenvalue weighted by atomic mass is 10.2. The van der Waals surface area contributed by atoms with Gasteiger partial charge < -0.3 is 10.4 Å². The molecule has 0 aliphatic rings. The van der Waals surface area contributed by atoms with E-state index in [9.17, 15) is 9.90 Å². The molecule has 0 heterocycles. The first-order valence-corrected chi connectivity index (χ1v) is 7.27. The van der Waals surface area contributed by atoms with Gasteiger partial charge in [-0.1, -0.05) is 46.9 Å². The van der Waals surface area contributed by atoms with Gasteiger partial charge in [0.1, 0.15) is 5.02 Å². The molecule has 2 rings (SSSR count). The van der Waals surface area contributed by atoms with Crippen molar-refractivity contribution in [2.45, 2.75) is 0 Å². The summed E-state index contributed by atoms with van der Waals surface area (Å²) in [5.74, 6) is -0.700. The van der Waals surface area contributed by atoms with E-state index in [-0.39, 0.29) is 32.4 Å². The summed E-state index contributed by atoms with van der Waals surface area (Å²) < 4.78 is 0.643. The minimum atomic E-state index is -0.378. The van der Waals surface area contributed by atoms with Crippen LogP contribution in [0.3, 0.4) is 0 Å². The normalized spacial score (nSPS) is 10.4. The molecular weight excluding hydrogens is 388 g/mol. The third-order valence-electron chi connectivity index (χ3n) is 2.50. The quantitative estimate of drug-likeness (QED) is 0.531. The highest BCUT2D eigenvalue weighted by Crippen LogP contribution is 2.42. The van der Waals surface area contributed by atoms with E-state index in [0.717, 1.165) is 0 Å². The lowest BCUT2D eigenvalue weighted by Gasteiger charge is -2.11. The molecule has 0 fully saturated rings. The highest BCUT2D eigenvalue weighted by atomic mass is 79.9. The Bertz CT molecular complexity index is 692. The maximum Gasteiger partial charge on any atom is 0.256 e. The van der Waals surface area contributed by atoms with E-state index in [1.165, 1.54) is 6.07 Å². The van der Waals surface area contributed by atoms with Crippen molar-refractivity contribution in [3.8, 4) is 5.75 Å². The number of hydrogen-bond donors (Lipinski definition) is 2. The molecule has 2 aromatic rings. The van der Waals surface area contributed by atoms with Crippen LogP contribution in [0.15, 0.2) is 34.8 Å². The fourth-order valence-electron chi connectivity index (χ4n) is 1.51. The fraction of sp³-hybridized carbons (Fsp3) is 0. The van der Waals surface area contributed by atoms with Crippen molar-refractivity contribution in [2.24, 2.45) is 0 Å². The van der Waals surface area contributed by atoms with Gasteiger partial charge in [0.05, 0.1) is 21.3 Å². The SMILES string of the molecule is O=C(Nc1cc(Cl)c(O)c(Cl)c1Cl)c1ccccc1Br. The van der Waals surface area contributed by atoms with Gasteiger partial charge in [0.2, 0.25) is 0 Å². The van der Waals surface area contributed by atoms with Crippen LogP contribution in [0.5, 0.6) is 5.75 Å². The highest BCUT2D eigenvalue weighted by molar-refractivity contribution is 9.10. The average Bonchev–Trinajstić information content (AvgIpc) is 2.42. The second-order valence-corrected chi connectivity index (χ2v) is 5.83. The van der Waals surface area contributed by atoms with Gasteiger partial charge in [-0.3, -0.25) is 4.79 Å². The van der Waals surface area contributed by atoms with Gasteiger partial charge in [-0.05, 0) is 34.1 Å². The third-order valence-corrected chi connectivity index (χ3v) is 4.34. The summed E-state index contributed by atoms with van der Waals surface area (Å²) in [6.07, 6.45) is 0. The molecule has 0 atom stereocenters. The Morgan fingerprint density at radius 1 is 1.15 bits per heavy atom. The summed E-state index contributed by atoms with van der Waals surface area (Å²) in [4.78, 5) is 12.1. The zero-order valence-corrected chi connectivity index (χ0v) is 13.6. The average molecular weight is 395 g/mol. The number of benzene rings is 2. The largest absolute Gasteiger partial charge is 0.505 e. The van der Waals surface area contributed by atoms with Gasteiger partial charge in [-0.15, -0.1) is 0 Å². The molecule has 0 bridgehead atoms. The van der Waals surface area contributed by atoms with Crippen LogP contribution in [-0.4, -0.2) is 11.0 Å². The van der Waals surface area contributed by atoms with Crippen LogP contribution in [-0.2, 0) is 0 Å². The molecule has 0 saturated heterocycles. The van der Waals surface area contributed by atoms with Crippen molar-refractivity contribution in [3.63, 3.8) is 0 Å². The first kappa shape index (κ1) is 15.4. The van der Waals surface area contributed by atoms with E-state index in [2.05, 4.69) is 21.2 Å². The third kappa shape index (κ3) is 3.04. The number of amides is 1. The molecule has 2 aromatic carbocycles. The molecule has 104 valence electrons. The predicted molar refractivity (Wildman–Crippen MR) is 85.2 cm³/mol. The summed E-state index contributed by atoms with van der Waals surface area (Å²) in [5.41, 5.74) is 0.657. The summed E-state index contributed by atoms with van der Waals surface area (Å²) in [7, 11) is 0. The number of aromatic hydroxyl groups is 1. The van der Waals surface area contributed by atoms with E-state index < -0.39 is 0 Å². The molecule has 0 aromatic heterocycles. The number of anilines is 1. The Morgan fingerprint density at radius 2 is 1.80 bits per heavy atom. The van der Waals surface area contributed by atoms with E-state index in [4.69, 9.17) is 34.8 Å². The molecule has 0 spiro atoms. The molecule has 1 amide bonds. The molecule has 0 aliphatic heterocycles. The van der Waals surface area contributed by atoms with Gasteiger partial charge in [0, 0.05) is 4.47 Å². The molecule has 0 unspecified atom stereocenters. The van der Waals surface area contributed by atoms with Gasteiger partial charge in [-0.2, -0.15) is 0 Å². The maximum absolute atomic E-state index is 12.1. The Hall–Kier alpha value is -0.940. The van der Waals surface area contributed by atoms with Crippen molar-refractivity contribution in [1.29, 1.82) is 0 Å².